The molecule has 11 nitrogen and oxygen atoms in total. The predicted molar refractivity (Wildman–Crippen MR) is 126 cm³/mol. The number of piperazine rings is 1. The van der Waals surface area contributed by atoms with Gasteiger partial charge in [-0.15, -0.1) is 10.2 Å². The third kappa shape index (κ3) is 5.11. The van der Waals surface area contributed by atoms with Crippen molar-refractivity contribution in [2.24, 2.45) is 0 Å². The van der Waals surface area contributed by atoms with E-state index >= 15 is 0 Å². The van der Waals surface area contributed by atoms with Crippen LogP contribution in [0.2, 0.25) is 0 Å². The smallest absolute Gasteiger partial charge is 0.256 e. The fourth-order valence-corrected chi connectivity index (χ4v) is 4.65. The second kappa shape index (κ2) is 10.1. The van der Waals surface area contributed by atoms with Gasteiger partial charge in [-0.25, -0.2) is 4.98 Å². The molecule has 1 fully saturated rings. The van der Waals surface area contributed by atoms with Crippen molar-refractivity contribution >= 4 is 40.9 Å². The Labute approximate surface area is 200 Å². The SMILES string of the molecule is COc1ccc(NC(=O)C[C@H]2C(=O)NCCN2C(=O)CSc2nnc3nc(C)cc(C)n23)cc1. The Morgan fingerprint density at radius 2 is 2.00 bits per heavy atom. The molecule has 3 heterocycles. The molecule has 0 spiro atoms. The lowest BCUT2D eigenvalue weighted by molar-refractivity contribution is -0.142. The first-order chi connectivity index (χ1) is 16.4. The van der Waals surface area contributed by atoms with E-state index in [2.05, 4.69) is 25.8 Å². The van der Waals surface area contributed by atoms with Gasteiger partial charge in [-0.3, -0.25) is 18.8 Å². The Morgan fingerprint density at radius 1 is 1.24 bits per heavy atom. The molecule has 0 bridgehead atoms. The summed E-state index contributed by atoms with van der Waals surface area (Å²) in [7, 11) is 1.56. The van der Waals surface area contributed by atoms with E-state index in [0.29, 0.717) is 35.5 Å². The van der Waals surface area contributed by atoms with Crippen LogP contribution in [-0.4, -0.2) is 74.2 Å². The second-order valence-corrected chi connectivity index (χ2v) is 8.76. The highest BCUT2D eigenvalue weighted by atomic mass is 32.2. The Morgan fingerprint density at radius 3 is 2.74 bits per heavy atom. The number of fused-ring (bicyclic) bond motifs is 1. The molecule has 178 valence electrons. The van der Waals surface area contributed by atoms with Crippen molar-refractivity contribution in [2.45, 2.75) is 31.5 Å². The predicted octanol–water partition coefficient (Wildman–Crippen LogP) is 1.20. The molecule has 0 radical (unpaired) electrons. The molecule has 0 unspecified atom stereocenters. The van der Waals surface area contributed by atoms with E-state index in [4.69, 9.17) is 4.74 Å². The zero-order valence-electron chi connectivity index (χ0n) is 19.1. The summed E-state index contributed by atoms with van der Waals surface area (Å²) in [6.45, 7) is 4.46. The van der Waals surface area contributed by atoms with E-state index < -0.39 is 6.04 Å². The lowest BCUT2D eigenvalue weighted by atomic mass is 10.1. The number of amides is 3. The number of hydrogen-bond acceptors (Lipinski definition) is 8. The average Bonchev–Trinajstić information content (AvgIpc) is 3.22. The largest absolute Gasteiger partial charge is 0.497 e. The minimum atomic E-state index is -0.888. The summed E-state index contributed by atoms with van der Waals surface area (Å²) in [4.78, 5) is 44.0. The number of carbonyl (C=O) groups is 3. The number of benzene rings is 1. The molecule has 34 heavy (non-hydrogen) atoms. The number of nitrogens with zero attached hydrogens (tertiary/aromatic N) is 5. The Balaban J connectivity index is 1.41. The quantitative estimate of drug-likeness (QED) is 0.480. The molecule has 4 rings (SSSR count). The third-order valence-electron chi connectivity index (χ3n) is 5.39. The van der Waals surface area contributed by atoms with Gasteiger partial charge in [-0.2, -0.15) is 0 Å². The van der Waals surface area contributed by atoms with Crippen LogP contribution in [0.4, 0.5) is 5.69 Å². The molecule has 0 saturated carbocycles. The molecule has 12 heteroatoms. The fourth-order valence-electron chi connectivity index (χ4n) is 3.78. The first kappa shape index (κ1) is 23.5. The zero-order chi connectivity index (χ0) is 24.2. The minimum absolute atomic E-state index is 0.0536. The van der Waals surface area contributed by atoms with Gasteiger partial charge in [0.15, 0.2) is 5.16 Å². The first-order valence-electron chi connectivity index (χ1n) is 10.7. The van der Waals surface area contributed by atoms with Gasteiger partial charge in [-0.05, 0) is 44.2 Å². The summed E-state index contributed by atoms with van der Waals surface area (Å²) >= 11 is 1.22. The number of anilines is 1. The molecule has 2 aromatic heterocycles. The summed E-state index contributed by atoms with van der Waals surface area (Å²) in [5.74, 6) is 0.226. The molecule has 1 saturated heterocycles. The van der Waals surface area contributed by atoms with Crippen molar-refractivity contribution in [2.75, 3.05) is 31.3 Å². The standard InChI is InChI=1S/C22H25N7O4S/c1-13-10-14(2)29-21(24-13)26-27-22(29)34-12-19(31)28-9-8-23-20(32)17(28)11-18(30)25-15-4-6-16(33-3)7-5-15/h4-7,10,17H,8-9,11-12H2,1-3H3,(H,23,32)(H,25,30)/t17-/m0/s1. The maximum Gasteiger partial charge on any atom is 0.256 e. The van der Waals surface area contributed by atoms with Crippen LogP contribution >= 0.6 is 11.8 Å². The van der Waals surface area contributed by atoms with Crippen molar-refractivity contribution in [3.63, 3.8) is 0 Å². The molecule has 1 aliphatic rings. The molecule has 3 amide bonds. The van der Waals surface area contributed by atoms with E-state index in [1.54, 1.807) is 35.8 Å². The maximum absolute atomic E-state index is 13.0. The van der Waals surface area contributed by atoms with Crippen LogP contribution in [0.3, 0.4) is 0 Å². The van der Waals surface area contributed by atoms with Crippen LogP contribution in [0.25, 0.3) is 5.78 Å². The highest BCUT2D eigenvalue weighted by Crippen LogP contribution is 2.21. The Hall–Kier alpha value is -3.67. The Kier molecular flexibility index (Phi) is 6.96. The van der Waals surface area contributed by atoms with Crippen LogP contribution in [0.1, 0.15) is 17.8 Å². The van der Waals surface area contributed by atoms with Crippen molar-refractivity contribution in [1.29, 1.82) is 0 Å². The molecule has 0 aliphatic carbocycles. The number of aromatic nitrogens is 4. The molecule has 3 aromatic rings. The van der Waals surface area contributed by atoms with E-state index in [1.165, 1.54) is 16.7 Å². The van der Waals surface area contributed by atoms with Crippen LogP contribution in [0.5, 0.6) is 5.75 Å². The summed E-state index contributed by atoms with van der Waals surface area (Å²) in [6, 6.07) is 7.89. The van der Waals surface area contributed by atoms with Gasteiger partial charge in [-0.1, -0.05) is 11.8 Å². The Bertz CT molecular complexity index is 1230. The number of nitrogens with one attached hydrogen (secondary N) is 2. The van der Waals surface area contributed by atoms with E-state index in [1.807, 2.05) is 19.9 Å². The fraction of sp³-hybridized carbons (Fsp3) is 0.364. The number of ether oxygens (including phenoxy) is 1. The number of thioether (sulfide) groups is 1. The number of rotatable bonds is 7. The molecule has 1 aromatic carbocycles. The number of carbonyl (C=O) groups excluding carboxylic acids is 3. The summed E-state index contributed by atoms with van der Waals surface area (Å²) in [5.41, 5.74) is 2.32. The van der Waals surface area contributed by atoms with Crippen LogP contribution < -0.4 is 15.4 Å². The lowest BCUT2D eigenvalue weighted by Crippen LogP contribution is -2.58. The zero-order valence-corrected chi connectivity index (χ0v) is 19.9. The minimum Gasteiger partial charge on any atom is -0.497 e. The summed E-state index contributed by atoms with van der Waals surface area (Å²) in [5, 5.41) is 14.3. The molecule has 2 N–H and O–H groups in total. The molecule has 1 aliphatic heterocycles. The van der Waals surface area contributed by atoms with Gasteiger partial charge < -0.3 is 20.3 Å². The molecular weight excluding hydrogens is 458 g/mol. The summed E-state index contributed by atoms with van der Waals surface area (Å²) < 4.78 is 6.90. The normalized spacial score (nSPS) is 15.8. The highest BCUT2D eigenvalue weighted by molar-refractivity contribution is 7.99. The lowest BCUT2D eigenvalue weighted by Gasteiger charge is -2.34. The molecule has 1 atom stereocenters. The van der Waals surface area contributed by atoms with E-state index in [-0.39, 0.29) is 29.9 Å². The molecular formula is C22H25N7O4S. The topological polar surface area (TPSA) is 131 Å². The number of methoxy groups -OCH3 is 1. The van der Waals surface area contributed by atoms with Gasteiger partial charge in [0.2, 0.25) is 17.7 Å². The van der Waals surface area contributed by atoms with Crippen molar-refractivity contribution in [3.05, 3.63) is 41.7 Å². The van der Waals surface area contributed by atoms with Crippen LogP contribution in [-0.2, 0) is 14.4 Å². The highest BCUT2D eigenvalue weighted by Gasteiger charge is 2.34. The third-order valence-corrected chi connectivity index (χ3v) is 6.31. The average molecular weight is 484 g/mol. The van der Waals surface area contributed by atoms with E-state index in [0.717, 1.165) is 11.4 Å². The second-order valence-electron chi connectivity index (χ2n) is 7.82. The van der Waals surface area contributed by atoms with E-state index in [9.17, 15) is 14.4 Å². The van der Waals surface area contributed by atoms with Crippen molar-refractivity contribution < 1.29 is 19.1 Å². The van der Waals surface area contributed by atoms with Gasteiger partial charge in [0.05, 0.1) is 19.3 Å². The maximum atomic E-state index is 13.0. The van der Waals surface area contributed by atoms with Gasteiger partial charge in [0.1, 0.15) is 11.8 Å². The summed E-state index contributed by atoms with van der Waals surface area (Å²) in [6.07, 6.45) is -0.148. The van der Waals surface area contributed by atoms with Gasteiger partial charge in [0, 0.05) is 30.2 Å². The number of hydrogen-bond donors (Lipinski definition) is 2. The number of aryl methyl sites for hydroxylation is 2. The first-order valence-corrected chi connectivity index (χ1v) is 11.7. The van der Waals surface area contributed by atoms with Gasteiger partial charge >= 0.3 is 0 Å². The van der Waals surface area contributed by atoms with Gasteiger partial charge in [0.25, 0.3) is 5.78 Å². The van der Waals surface area contributed by atoms with Crippen molar-refractivity contribution in [1.82, 2.24) is 29.8 Å². The van der Waals surface area contributed by atoms with Crippen LogP contribution in [0.15, 0.2) is 35.5 Å². The van der Waals surface area contributed by atoms with Crippen LogP contribution in [0, 0.1) is 13.8 Å². The monoisotopic (exact) mass is 483 g/mol. The van der Waals surface area contributed by atoms with Crippen molar-refractivity contribution in [3.8, 4) is 5.75 Å².